The van der Waals surface area contributed by atoms with E-state index in [2.05, 4.69) is 11.6 Å². The Kier molecular flexibility index (Phi) is 4.36. The molecule has 1 fully saturated rings. The summed E-state index contributed by atoms with van der Waals surface area (Å²) in [4.78, 5) is 0. The lowest BCUT2D eigenvalue weighted by molar-refractivity contribution is 0.275. The summed E-state index contributed by atoms with van der Waals surface area (Å²) in [5.41, 5.74) is 0. The van der Waals surface area contributed by atoms with Gasteiger partial charge in [-0.15, -0.1) is 0 Å². The predicted octanol–water partition coefficient (Wildman–Crippen LogP) is -0.453. The normalized spacial score (nSPS) is 22.4. The third-order valence-electron chi connectivity index (χ3n) is 2.53. The molecule has 0 unspecified atom stereocenters. The zero-order chi connectivity index (χ0) is 8.10. The van der Waals surface area contributed by atoms with Gasteiger partial charge in [0.05, 0.1) is 0 Å². The van der Waals surface area contributed by atoms with E-state index in [0.29, 0.717) is 0 Å². The Morgan fingerprint density at radius 3 is 2.55 bits per heavy atom. The maximum Gasteiger partial charge on any atom is 0.226 e. The molecule has 11 heavy (non-hydrogen) atoms. The highest BCUT2D eigenvalue weighted by atomic mass is 28.3. The minimum Gasteiger partial charge on any atom is -0.457 e. The first kappa shape index (κ1) is 9.44. The summed E-state index contributed by atoms with van der Waals surface area (Å²) in [6.07, 6.45) is 7.14. The minimum absolute atomic E-state index is 0.304. The average molecular weight is 189 g/mol. The summed E-state index contributed by atoms with van der Waals surface area (Å²) in [5, 5.41) is 0. The Balaban J connectivity index is 2.21. The van der Waals surface area contributed by atoms with Crippen LogP contribution in [0.2, 0.25) is 0 Å². The van der Waals surface area contributed by atoms with Gasteiger partial charge in [0.25, 0.3) is 0 Å². The molecule has 0 spiro atoms. The maximum atomic E-state index is 5.36. The Bertz CT molecular complexity index is 107. The molecule has 0 radical (unpaired) electrons. The first-order valence-electron chi connectivity index (χ1n) is 4.54. The lowest BCUT2D eigenvalue weighted by Crippen LogP contribution is -2.37. The summed E-state index contributed by atoms with van der Waals surface area (Å²) >= 11 is 0. The highest BCUT2D eigenvalue weighted by molar-refractivity contribution is 6.31. The monoisotopic (exact) mass is 189 g/mol. The van der Waals surface area contributed by atoms with Gasteiger partial charge in [-0.05, 0) is 19.9 Å². The van der Waals surface area contributed by atoms with Crippen LogP contribution in [-0.2, 0) is 4.12 Å². The molecular formula is C7H19NOSi2. The summed E-state index contributed by atoms with van der Waals surface area (Å²) in [7, 11) is 2.86. The van der Waals surface area contributed by atoms with E-state index in [1.807, 2.05) is 0 Å². The van der Waals surface area contributed by atoms with E-state index in [9.17, 15) is 0 Å². The molecule has 0 aromatic carbocycles. The molecule has 2 nitrogen and oxygen atoms in total. The van der Waals surface area contributed by atoms with E-state index < -0.39 is 0 Å². The summed E-state index contributed by atoms with van der Waals surface area (Å²) in [5.74, 6) is 0. The first-order chi connectivity index (χ1) is 5.34. The van der Waals surface area contributed by atoms with E-state index >= 15 is 0 Å². The molecule has 1 aliphatic rings. The second kappa shape index (κ2) is 5.08. The van der Waals surface area contributed by atoms with Crippen LogP contribution in [0, 0.1) is 0 Å². The number of hydrogen-bond donors (Lipinski definition) is 0. The molecule has 0 aromatic rings. The third kappa shape index (κ3) is 3.07. The SMILES string of the molecule is CN([SiH2]O[SiH3])C1CCCCC1. The van der Waals surface area contributed by atoms with Crippen LogP contribution in [-0.4, -0.2) is 38.1 Å². The molecule has 0 aromatic heterocycles. The number of hydrogen-bond acceptors (Lipinski definition) is 2. The summed E-state index contributed by atoms with van der Waals surface area (Å²) in [6, 6.07) is 0.865. The topological polar surface area (TPSA) is 12.5 Å². The second-order valence-electron chi connectivity index (χ2n) is 3.47. The molecular weight excluding hydrogens is 170 g/mol. The highest BCUT2D eigenvalue weighted by Crippen LogP contribution is 2.20. The van der Waals surface area contributed by atoms with Gasteiger partial charge < -0.3 is 8.68 Å². The van der Waals surface area contributed by atoms with Crippen molar-refractivity contribution in [2.45, 2.75) is 38.1 Å². The van der Waals surface area contributed by atoms with Crippen LogP contribution in [0.4, 0.5) is 0 Å². The van der Waals surface area contributed by atoms with Gasteiger partial charge in [0, 0.05) is 6.04 Å². The van der Waals surface area contributed by atoms with E-state index in [-0.39, 0.29) is 9.92 Å². The van der Waals surface area contributed by atoms with Crippen LogP contribution in [0.3, 0.4) is 0 Å². The van der Waals surface area contributed by atoms with Gasteiger partial charge in [-0.1, -0.05) is 19.3 Å². The smallest absolute Gasteiger partial charge is 0.226 e. The molecule has 1 aliphatic carbocycles. The Morgan fingerprint density at radius 1 is 1.36 bits per heavy atom. The van der Waals surface area contributed by atoms with Crippen molar-refractivity contribution in [1.29, 1.82) is 0 Å². The van der Waals surface area contributed by atoms with Crippen molar-refractivity contribution in [2.24, 2.45) is 0 Å². The molecule has 0 aliphatic heterocycles. The van der Waals surface area contributed by atoms with Crippen LogP contribution in [0.15, 0.2) is 0 Å². The third-order valence-corrected chi connectivity index (χ3v) is 4.49. The molecule has 0 saturated heterocycles. The maximum absolute atomic E-state index is 5.36. The fourth-order valence-electron chi connectivity index (χ4n) is 1.83. The van der Waals surface area contributed by atoms with Gasteiger partial charge in [0.2, 0.25) is 9.92 Å². The van der Waals surface area contributed by atoms with Gasteiger partial charge >= 0.3 is 0 Å². The van der Waals surface area contributed by atoms with Crippen LogP contribution < -0.4 is 0 Å². The van der Waals surface area contributed by atoms with Crippen molar-refractivity contribution in [2.75, 3.05) is 7.05 Å². The Hall–Kier alpha value is 0.354. The van der Waals surface area contributed by atoms with Gasteiger partial charge in [-0.25, -0.2) is 0 Å². The molecule has 1 saturated carbocycles. The quantitative estimate of drug-likeness (QED) is 0.558. The second-order valence-corrected chi connectivity index (χ2v) is 7.03. The summed E-state index contributed by atoms with van der Waals surface area (Å²) < 4.78 is 7.85. The van der Waals surface area contributed by atoms with Crippen molar-refractivity contribution < 1.29 is 4.12 Å². The van der Waals surface area contributed by atoms with Crippen molar-refractivity contribution >= 4 is 20.4 Å². The predicted molar refractivity (Wildman–Crippen MR) is 54.2 cm³/mol. The average Bonchev–Trinajstić information content (AvgIpc) is 2.07. The molecule has 0 amide bonds. The number of nitrogens with zero attached hydrogens (tertiary/aromatic N) is 1. The molecule has 1 rings (SSSR count). The van der Waals surface area contributed by atoms with Crippen molar-refractivity contribution in [3.05, 3.63) is 0 Å². The fraction of sp³-hybridized carbons (Fsp3) is 1.00. The Morgan fingerprint density at radius 2 is 2.00 bits per heavy atom. The largest absolute Gasteiger partial charge is 0.457 e. The van der Waals surface area contributed by atoms with Crippen molar-refractivity contribution in [3.8, 4) is 0 Å². The molecule has 66 valence electrons. The van der Waals surface area contributed by atoms with Gasteiger partial charge in [-0.2, -0.15) is 0 Å². The minimum atomic E-state index is -0.304. The van der Waals surface area contributed by atoms with Crippen molar-refractivity contribution in [1.82, 2.24) is 4.57 Å². The molecule has 0 atom stereocenters. The molecule has 4 heteroatoms. The van der Waals surface area contributed by atoms with E-state index in [1.165, 1.54) is 32.1 Å². The molecule has 0 N–H and O–H groups in total. The zero-order valence-electron chi connectivity index (χ0n) is 7.68. The van der Waals surface area contributed by atoms with E-state index in [4.69, 9.17) is 4.12 Å². The van der Waals surface area contributed by atoms with Gasteiger partial charge in [0.15, 0.2) is 0 Å². The van der Waals surface area contributed by atoms with Crippen molar-refractivity contribution in [3.63, 3.8) is 0 Å². The lowest BCUT2D eigenvalue weighted by Gasteiger charge is -2.30. The zero-order valence-corrected chi connectivity index (χ0v) is 11.1. The summed E-state index contributed by atoms with van der Waals surface area (Å²) in [6.45, 7) is 0. The van der Waals surface area contributed by atoms with Crippen LogP contribution in [0.5, 0.6) is 0 Å². The standard InChI is InChI=1S/C7H19NOSi2/c1-8(11-9-10)7-5-3-2-4-6-7/h7H,2-6,11H2,1,10H3. The van der Waals surface area contributed by atoms with Crippen LogP contribution >= 0.6 is 0 Å². The lowest BCUT2D eigenvalue weighted by atomic mass is 9.96. The Labute approximate surface area is 74.9 Å². The van der Waals surface area contributed by atoms with Crippen LogP contribution in [0.1, 0.15) is 32.1 Å². The van der Waals surface area contributed by atoms with Gasteiger partial charge in [-0.3, -0.25) is 0 Å². The fourth-order valence-corrected chi connectivity index (χ4v) is 4.04. The first-order valence-corrected chi connectivity index (χ1v) is 6.56. The van der Waals surface area contributed by atoms with E-state index in [1.54, 1.807) is 0 Å². The molecule has 0 bridgehead atoms. The molecule has 0 heterocycles. The van der Waals surface area contributed by atoms with E-state index in [0.717, 1.165) is 16.5 Å². The van der Waals surface area contributed by atoms with Gasteiger partial charge in [0.1, 0.15) is 10.5 Å². The number of rotatable bonds is 3. The van der Waals surface area contributed by atoms with Crippen LogP contribution in [0.25, 0.3) is 0 Å². The highest BCUT2D eigenvalue weighted by Gasteiger charge is 2.16.